The van der Waals surface area contributed by atoms with Crippen LogP contribution in [0.2, 0.25) is 0 Å². The van der Waals surface area contributed by atoms with E-state index in [9.17, 15) is 13.2 Å². The Labute approximate surface area is 177 Å². The fourth-order valence-electron chi connectivity index (χ4n) is 3.21. The first-order valence-corrected chi connectivity index (χ1v) is 12.2. The van der Waals surface area contributed by atoms with Crippen molar-refractivity contribution in [1.82, 2.24) is 9.62 Å². The quantitative estimate of drug-likeness (QED) is 0.613. The molecule has 0 fully saturated rings. The topological polar surface area (TPSA) is 69.7 Å². The molecule has 1 aliphatic heterocycles. The Morgan fingerprint density at radius 1 is 1.07 bits per heavy atom. The van der Waals surface area contributed by atoms with Crippen LogP contribution in [-0.2, 0) is 14.8 Å². The summed E-state index contributed by atoms with van der Waals surface area (Å²) in [6, 6.07) is 16.5. The highest BCUT2D eigenvalue weighted by atomic mass is 32.2. The van der Waals surface area contributed by atoms with Crippen molar-refractivity contribution in [2.24, 2.45) is 0 Å². The molecule has 6 nitrogen and oxygen atoms in total. The zero-order valence-corrected chi connectivity index (χ0v) is 18.4. The standard InChI is InChI=1S/C21H27N3O3S2/c1-3-29(26,27)23(2)15-8-14-22-21(25)13-16-24-17-9-4-6-11-19(17)28-20-12-7-5-10-18(20)24/h4-7,9-12H,3,8,13-16H2,1-2H3,(H,22,25). The third-order valence-corrected chi connectivity index (χ3v) is 7.90. The van der Waals surface area contributed by atoms with Crippen LogP contribution in [0.5, 0.6) is 0 Å². The van der Waals surface area contributed by atoms with Gasteiger partial charge < -0.3 is 10.2 Å². The van der Waals surface area contributed by atoms with Crippen LogP contribution in [0.25, 0.3) is 0 Å². The van der Waals surface area contributed by atoms with Gasteiger partial charge in [-0.3, -0.25) is 4.79 Å². The van der Waals surface area contributed by atoms with Gasteiger partial charge in [-0.15, -0.1) is 0 Å². The number of anilines is 2. The summed E-state index contributed by atoms with van der Waals surface area (Å²) in [5.41, 5.74) is 2.24. The maximum atomic E-state index is 12.3. The number of para-hydroxylation sites is 2. The van der Waals surface area contributed by atoms with Crippen LogP contribution >= 0.6 is 11.8 Å². The molecule has 1 N–H and O–H groups in total. The molecular formula is C21H27N3O3S2. The Balaban J connectivity index is 1.53. The van der Waals surface area contributed by atoms with Crippen molar-refractivity contribution in [3.63, 3.8) is 0 Å². The SMILES string of the molecule is CCS(=O)(=O)N(C)CCCNC(=O)CCN1c2ccccc2Sc2ccccc21. The van der Waals surface area contributed by atoms with Crippen molar-refractivity contribution >= 4 is 39.1 Å². The third-order valence-electron chi connectivity index (χ3n) is 4.91. The molecular weight excluding hydrogens is 406 g/mol. The molecule has 156 valence electrons. The average Bonchev–Trinajstić information content (AvgIpc) is 2.73. The number of fused-ring (bicyclic) bond motifs is 2. The van der Waals surface area contributed by atoms with Gasteiger partial charge in [-0.25, -0.2) is 12.7 Å². The highest BCUT2D eigenvalue weighted by Crippen LogP contribution is 2.47. The summed E-state index contributed by atoms with van der Waals surface area (Å²) in [5, 5.41) is 2.90. The summed E-state index contributed by atoms with van der Waals surface area (Å²) < 4.78 is 24.8. The fourth-order valence-corrected chi connectivity index (χ4v) is 5.16. The zero-order valence-electron chi connectivity index (χ0n) is 16.8. The van der Waals surface area contributed by atoms with Gasteiger partial charge in [-0.2, -0.15) is 0 Å². The first-order chi connectivity index (χ1) is 13.9. The summed E-state index contributed by atoms with van der Waals surface area (Å²) in [6.07, 6.45) is 0.962. The molecule has 1 amide bonds. The maximum absolute atomic E-state index is 12.3. The summed E-state index contributed by atoms with van der Waals surface area (Å²) >= 11 is 1.75. The summed E-state index contributed by atoms with van der Waals surface area (Å²) in [6.45, 7) is 3.08. The molecule has 0 unspecified atom stereocenters. The second-order valence-electron chi connectivity index (χ2n) is 6.86. The number of nitrogens with one attached hydrogen (secondary N) is 1. The molecule has 1 heterocycles. The van der Waals surface area contributed by atoms with Gasteiger partial charge in [-0.1, -0.05) is 36.0 Å². The number of benzene rings is 2. The molecule has 0 aliphatic carbocycles. The molecule has 2 aromatic carbocycles. The lowest BCUT2D eigenvalue weighted by Gasteiger charge is -2.32. The average molecular weight is 434 g/mol. The molecule has 0 aromatic heterocycles. The van der Waals surface area contributed by atoms with E-state index in [0.29, 0.717) is 32.5 Å². The molecule has 0 atom stereocenters. The number of amides is 1. The molecule has 3 rings (SSSR count). The highest BCUT2D eigenvalue weighted by Gasteiger charge is 2.23. The Morgan fingerprint density at radius 2 is 1.66 bits per heavy atom. The Morgan fingerprint density at radius 3 is 2.24 bits per heavy atom. The minimum Gasteiger partial charge on any atom is -0.356 e. The summed E-state index contributed by atoms with van der Waals surface area (Å²) in [4.78, 5) is 16.9. The van der Waals surface area contributed by atoms with Gasteiger partial charge in [0.15, 0.2) is 0 Å². The second kappa shape index (κ2) is 9.65. The van der Waals surface area contributed by atoms with Gasteiger partial charge in [-0.05, 0) is 37.6 Å². The Hall–Kier alpha value is -2.03. The maximum Gasteiger partial charge on any atom is 0.221 e. The number of nitrogens with zero attached hydrogens (tertiary/aromatic N) is 2. The first kappa shape index (κ1) is 21.7. The van der Waals surface area contributed by atoms with Gasteiger partial charge in [0.2, 0.25) is 15.9 Å². The smallest absolute Gasteiger partial charge is 0.221 e. The van der Waals surface area contributed by atoms with E-state index in [2.05, 4.69) is 34.5 Å². The second-order valence-corrected chi connectivity index (χ2v) is 10.3. The van der Waals surface area contributed by atoms with Gasteiger partial charge in [0, 0.05) is 42.9 Å². The van der Waals surface area contributed by atoms with Crippen molar-refractivity contribution in [3.05, 3.63) is 48.5 Å². The van der Waals surface area contributed by atoms with Crippen LogP contribution in [0.4, 0.5) is 11.4 Å². The molecule has 0 saturated heterocycles. The van der Waals surface area contributed by atoms with E-state index in [1.807, 2.05) is 24.3 Å². The number of hydrogen-bond acceptors (Lipinski definition) is 5. The molecule has 0 spiro atoms. The summed E-state index contributed by atoms with van der Waals surface area (Å²) in [5.74, 6) is 0.0617. The fraction of sp³-hybridized carbons (Fsp3) is 0.381. The van der Waals surface area contributed by atoms with Crippen molar-refractivity contribution in [2.75, 3.05) is 37.3 Å². The molecule has 29 heavy (non-hydrogen) atoms. The van der Waals surface area contributed by atoms with E-state index in [1.165, 1.54) is 14.1 Å². The van der Waals surface area contributed by atoms with Crippen LogP contribution < -0.4 is 10.2 Å². The Kier molecular flexibility index (Phi) is 7.21. The summed E-state index contributed by atoms with van der Waals surface area (Å²) in [7, 11) is -1.60. The minimum atomic E-state index is -3.17. The number of sulfonamides is 1. The number of rotatable bonds is 9. The van der Waals surface area contributed by atoms with Crippen LogP contribution in [0.15, 0.2) is 58.3 Å². The van der Waals surface area contributed by atoms with Crippen LogP contribution in [0.3, 0.4) is 0 Å². The molecule has 8 heteroatoms. The van der Waals surface area contributed by atoms with Crippen LogP contribution in [0, 0.1) is 0 Å². The minimum absolute atomic E-state index is 0.0285. The van der Waals surface area contributed by atoms with E-state index >= 15 is 0 Å². The van der Waals surface area contributed by atoms with Crippen molar-refractivity contribution in [3.8, 4) is 0 Å². The van der Waals surface area contributed by atoms with Crippen molar-refractivity contribution < 1.29 is 13.2 Å². The number of carbonyl (C=O) groups excluding carboxylic acids is 1. The van der Waals surface area contributed by atoms with Gasteiger partial charge in [0.05, 0.1) is 17.1 Å². The van der Waals surface area contributed by atoms with Crippen LogP contribution in [-0.4, -0.2) is 51.1 Å². The van der Waals surface area contributed by atoms with E-state index < -0.39 is 10.0 Å². The molecule has 0 bridgehead atoms. The highest BCUT2D eigenvalue weighted by molar-refractivity contribution is 7.99. The molecule has 0 radical (unpaired) electrons. The predicted molar refractivity (Wildman–Crippen MR) is 118 cm³/mol. The molecule has 2 aromatic rings. The number of hydrogen-bond donors (Lipinski definition) is 1. The lowest BCUT2D eigenvalue weighted by molar-refractivity contribution is -0.120. The third kappa shape index (κ3) is 5.32. The van der Waals surface area contributed by atoms with E-state index in [-0.39, 0.29) is 11.7 Å². The normalized spacial score (nSPS) is 13.1. The zero-order chi connectivity index (χ0) is 20.9. The van der Waals surface area contributed by atoms with Crippen LogP contribution in [0.1, 0.15) is 19.8 Å². The van der Waals surface area contributed by atoms with E-state index in [1.54, 1.807) is 25.7 Å². The van der Waals surface area contributed by atoms with Gasteiger partial charge in [0.25, 0.3) is 0 Å². The largest absolute Gasteiger partial charge is 0.356 e. The molecule has 1 aliphatic rings. The number of carbonyl (C=O) groups is 1. The predicted octanol–water partition coefficient (Wildman–Crippen LogP) is 3.47. The lowest BCUT2D eigenvalue weighted by Crippen LogP contribution is -2.33. The Bertz CT molecular complexity index is 918. The van der Waals surface area contributed by atoms with E-state index in [0.717, 1.165) is 11.4 Å². The van der Waals surface area contributed by atoms with Gasteiger partial charge in [0.1, 0.15) is 0 Å². The lowest BCUT2D eigenvalue weighted by atomic mass is 10.2. The monoisotopic (exact) mass is 433 g/mol. The van der Waals surface area contributed by atoms with E-state index in [4.69, 9.17) is 0 Å². The van der Waals surface area contributed by atoms with Crippen molar-refractivity contribution in [1.29, 1.82) is 0 Å². The molecule has 0 saturated carbocycles. The van der Waals surface area contributed by atoms with Gasteiger partial charge >= 0.3 is 0 Å². The first-order valence-electron chi connectivity index (χ1n) is 9.76. The van der Waals surface area contributed by atoms with Crippen molar-refractivity contribution in [2.45, 2.75) is 29.6 Å².